The van der Waals surface area contributed by atoms with E-state index in [-0.39, 0.29) is 17.9 Å². The van der Waals surface area contributed by atoms with Crippen LogP contribution in [0.4, 0.5) is 0 Å². The Bertz CT molecular complexity index is 499. The van der Waals surface area contributed by atoms with E-state index in [1.165, 1.54) is 4.88 Å². The summed E-state index contributed by atoms with van der Waals surface area (Å²) in [6, 6.07) is 6.04. The predicted octanol–water partition coefficient (Wildman–Crippen LogP) is 1.69. The van der Waals surface area contributed by atoms with Crippen molar-refractivity contribution < 1.29 is 9.53 Å². The van der Waals surface area contributed by atoms with Crippen LogP contribution < -0.4 is 5.32 Å². The summed E-state index contributed by atoms with van der Waals surface area (Å²) in [5.41, 5.74) is 0. The van der Waals surface area contributed by atoms with E-state index < -0.39 is 0 Å². The lowest BCUT2D eigenvalue weighted by Crippen LogP contribution is -2.35. The molecule has 1 aliphatic heterocycles. The minimum Gasteiger partial charge on any atom is -0.381 e. The lowest BCUT2D eigenvalue weighted by Gasteiger charge is -2.18. The van der Waals surface area contributed by atoms with Crippen molar-refractivity contribution in [3.8, 4) is 0 Å². The number of thiophene rings is 1. The van der Waals surface area contributed by atoms with Crippen LogP contribution in [-0.4, -0.2) is 35.4 Å². The first-order valence-electron chi connectivity index (χ1n) is 6.72. The highest BCUT2D eigenvalue weighted by Crippen LogP contribution is 2.22. The van der Waals surface area contributed by atoms with Gasteiger partial charge in [-0.15, -0.1) is 11.3 Å². The number of hydrogen-bond donors (Lipinski definition) is 1. The summed E-state index contributed by atoms with van der Waals surface area (Å²) in [7, 11) is 0. The van der Waals surface area contributed by atoms with Gasteiger partial charge in [-0.25, -0.2) is 0 Å². The van der Waals surface area contributed by atoms with E-state index >= 15 is 0 Å². The normalized spacial score (nSPS) is 19.9. The number of aromatic nitrogens is 2. The Kier molecular flexibility index (Phi) is 4.13. The summed E-state index contributed by atoms with van der Waals surface area (Å²) >= 11 is 1.68. The van der Waals surface area contributed by atoms with Gasteiger partial charge in [-0.1, -0.05) is 6.07 Å². The highest BCUT2D eigenvalue weighted by atomic mass is 32.1. The Morgan fingerprint density at radius 2 is 2.55 bits per heavy atom. The molecule has 1 saturated heterocycles. The molecule has 0 spiro atoms. The minimum absolute atomic E-state index is 0.00314. The van der Waals surface area contributed by atoms with Gasteiger partial charge in [0.1, 0.15) is 6.04 Å². The second-order valence-corrected chi connectivity index (χ2v) is 5.80. The van der Waals surface area contributed by atoms with Crippen molar-refractivity contribution in [1.29, 1.82) is 0 Å². The molecule has 6 heteroatoms. The van der Waals surface area contributed by atoms with Gasteiger partial charge in [0.15, 0.2) is 0 Å². The molecule has 0 radical (unpaired) electrons. The zero-order valence-electron chi connectivity index (χ0n) is 11.1. The molecule has 1 fully saturated rings. The summed E-state index contributed by atoms with van der Waals surface area (Å²) in [6.45, 7) is 1.78. The lowest BCUT2D eigenvalue weighted by atomic mass is 10.1. The zero-order chi connectivity index (χ0) is 13.8. The van der Waals surface area contributed by atoms with Crippen LogP contribution in [0.5, 0.6) is 0 Å². The van der Waals surface area contributed by atoms with Crippen LogP contribution >= 0.6 is 11.3 Å². The molecule has 106 valence electrons. The summed E-state index contributed by atoms with van der Waals surface area (Å²) in [4.78, 5) is 13.3. The maximum atomic E-state index is 12.1. The van der Waals surface area contributed by atoms with Crippen LogP contribution in [-0.2, 0) is 9.53 Å². The molecule has 0 bridgehead atoms. The number of carbonyl (C=O) groups excluding carboxylic acids is 1. The quantitative estimate of drug-likeness (QED) is 0.912. The van der Waals surface area contributed by atoms with Gasteiger partial charge in [0.25, 0.3) is 0 Å². The Balaban J connectivity index is 1.66. The summed E-state index contributed by atoms with van der Waals surface area (Å²) < 4.78 is 7.14. The van der Waals surface area contributed by atoms with Gasteiger partial charge in [-0.3, -0.25) is 9.48 Å². The van der Waals surface area contributed by atoms with Crippen molar-refractivity contribution in [2.75, 3.05) is 19.8 Å². The monoisotopic (exact) mass is 291 g/mol. The van der Waals surface area contributed by atoms with Crippen molar-refractivity contribution in [3.05, 3.63) is 40.8 Å². The molecule has 2 unspecified atom stereocenters. The second-order valence-electron chi connectivity index (χ2n) is 4.82. The third-order valence-corrected chi connectivity index (χ3v) is 4.46. The third kappa shape index (κ3) is 2.91. The first kappa shape index (κ1) is 13.3. The molecular formula is C14H17N3O2S. The van der Waals surface area contributed by atoms with E-state index in [0.29, 0.717) is 19.8 Å². The Hall–Kier alpha value is -1.66. The van der Waals surface area contributed by atoms with Crippen LogP contribution in [0.25, 0.3) is 0 Å². The molecule has 2 aromatic heterocycles. The molecule has 2 atom stereocenters. The molecule has 1 N–H and O–H groups in total. The lowest BCUT2D eigenvalue weighted by molar-refractivity contribution is -0.125. The van der Waals surface area contributed by atoms with Gasteiger partial charge in [-0.05, 0) is 23.9 Å². The summed E-state index contributed by atoms with van der Waals surface area (Å²) in [6.07, 6.45) is 4.50. The van der Waals surface area contributed by atoms with Crippen LogP contribution in [0, 0.1) is 5.92 Å². The molecule has 2 aromatic rings. The van der Waals surface area contributed by atoms with Gasteiger partial charge in [-0.2, -0.15) is 5.10 Å². The first-order chi connectivity index (χ1) is 9.84. The van der Waals surface area contributed by atoms with Crippen LogP contribution in [0.1, 0.15) is 17.3 Å². The smallest absolute Gasteiger partial charge is 0.225 e. The number of amides is 1. The number of nitrogens with one attached hydrogen (secondary N) is 1. The molecule has 5 nitrogen and oxygen atoms in total. The number of hydrogen-bond acceptors (Lipinski definition) is 4. The van der Waals surface area contributed by atoms with Crippen molar-refractivity contribution in [2.24, 2.45) is 5.92 Å². The Morgan fingerprint density at radius 1 is 1.60 bits per heavy atom. The molecule has 0 aliphatic carbocycles. The van der Waals surface area contributed by atoms with E-state index in [2.05, 4.69) is 16.5 Å². The van der Waals surface area contributed by atoms with Gasteiger partial charge in [0.05, 0.1) is 12.5 Å². The number of carbonyl (C=O) groups is 1. The highest BCUT2D eigenvalue weighted by molar-refractivity contribution is 7.10. The molecule has 1 aliphatic rings. The maximum absolute atomic E-state index is 12.1. The van der Waals surface area contributed by atoms with Crippen molar-refractivity contribution in [3.63, 3.8) is 0 Å². The molecule has 3 rings (SSSR count). The number of nitrogens with zero attached hydrogens (tertiary/aromatic N) is 2. The van der Waals surface area contributed by atoms with Crippen LogP contribution in [0.15, 0.2) is 36.0 Å². The number of rotatable bonds is 5. The van der Waals surface area contributed by atoms with E-state index in [4.69, 9.17) is 4.74 Å². The van der Waals surface area contributed by atoms with E-state index in [9.17, 15) is 4.79 Å². The number of ether oxygens (including phenoxy) is 1. The molecule has 1 amide bonds. The fourth-order valence-corrected chi connectivity index (χ4v) is 3.17. The van der Waals surface area contributed by atoms with Crippen LogP contribution in [0.2, 0.25) is 0 Å². The average molecular weight is 291 g/mol. The molecule has 3 heterocycles. The van der Waals surface area contributed by atoms with Gasteiger partial charge < -0.3 is 10.1 Å². The maximum Gasteiger partial charge on any atom is 0.225 e. The molecule has 0 aromatic carbocycles. The fourth-order valence-electron chi connectivity index (χ4n) is 2.35. The Morgan fingerprint density at radius 3 is 3.20 bits per heavy atom. The van der Waals surface area contributed by atoms with E-state index in [1.807, 2.05) is 28.4 Å². The van der Waals surface area contributed by atoms with Crippen molar-refractivity contribution in [2.45, 2.75) is 12.5 Å². The zero-order valence-corrected chi connectivity index (χ0v) is 11.9. The predicted molar refractivity (Wildman–Crippen MR) is 76.6 cm³/mol. The van der Waals surface area contributed by atoms with E-state index in [0.717, 1.165) is 6.42 Å². The molecule has 20 heavy (non-hydrogen) atoms. The van der Waals surface area contributed by atoms with E-state index in [1.54, 1.807) is 17.5 Å². The largest absolute Gasteiger partial charge is 0.381 e. The minimum atomic E-state index is -0.00314. The van der Waals surface area contributed by atoms with Crippen LogP contribution in [0.3, 0.4) is 0 Å². The summed E-state index contributed by atoms with van der Waals surface area (Å²) in [5.74, 6) is 0.0767. The van der Waals surface area contributed by atoms with Crippen molar-refractivity contribution >= 4 is 17.2 Å². The Labute approximate surface area is 121 Å². The standard InChI is InChI=1S/C14H17N3O2S/c18-14(11-4-7-19-10-11)15-9-12(13-3-1-8-20-13)17-6-2-5-16-17/h1-3,5-6,8,11-12H,4,7,9-10H2,(H,15,18). The fraction of sp³-hybridized carbons (Fsp3) is 0.429. The molecule has 0 saturated carbocycles. The van der Waals surface area contributed by atoms with Gasteiger partial charge in [0.2, 0.25) is 5.91 Å². The van der Waals surface area contributed by atoms with Crippen molar-refractivity contribution in [1.82, 2.24) is 15.1 Å². The van der Waals surface area contributed by atoms with Gasteiger partial charge >= 0.3 is 0 Å². The van der Waals surface area contributed by atoms with Gasteiger partial charge in [0, 0.05) is 30.4 Å². The third-order valence-electron chi connectivity index (χ3n) is 3.49. The average Bonchev–Trinajstić information content (AvgIpc) is 3.22. The second kappa shape index (κ2) is 6.19. The SMILES string of the molecule is O=C(NCC(c1cccs1)n1cccn1)C1CCOC1. The summed E-state index contributed by atoms with van der Waals surface area (Å²) in [5, 5.41) is 9.36. The molecular weight excluding hydrogens is 274 g/mol. The highest BCUT2D eigenvalue weighted by Gasteiger charge is 2.24. The first-order valence-corrected chi connectivity index (χ1v) is 7.60. The topological polar surface area (TPSA) is 56.2 Å².